The number of carbonyl (C=O) groups excluding carboxylic acids is 2. The molecule has 1 heterocycles. The Balaban J connectivity index is 1.26. The highest BCUT2D eigenvalue weighted by molar-refractivity contribution is 8.18. The lowest BCUT2D eigenvalue weighted by Crippen LogP contribution is -2.48. The third-order valence-electron chi connectivity index (χ3n) is 9.06. The van der Waals surface area contributed by atoms with Gasteiger partial charge in [-0.25, -0.2) is 4.90 Å². The fourth-order valence-corrected chi connectivity index (χ4v) is 8.59. The van der Waals surface area contributed by atoms with E-state index in [0.717, 1.165) is 46.0 Å². The van der Waals surface area contributed by atoms with E-state index in [1.54, 1.807) is 7.11 Å². The quantitative estimate of drug-likeness (QED) is 0.348. The number of thioether (sulfide) groups is 1. The van der Waals surface area contributed by atoms with Gasteiger partial charge in [0.2, 0.25) is 0 Å². The predicted octanol–water partition coefficient (Wildman–Crippen LogP) is 7.70. The third-order valence-corrected chi connectivity index (χ3v) is 9.84. The SMILES string of the molecule is C=C1SC(=O)N(c2ccc3cc(-c4ccc(OC)c(C56CC7CC(CC(C7)C5)C6)c4)ccc3c2)C1=O. The smallest absolute Gasteiger partial charge is 0.298 e. The molecule has 4 bridgehead atoms. The van der Waals surface area contributed by atoms with Gasteiger partial charge >= 0.3 is 0 Å². The first-order valence-corrected chi connectivity index (χ1v) is 13.7. The zero-order valence-corrected chi connectivity index (χ0v) is 21.3. The van der Waals surface area contributed by atoms with Crippen LogP contribution in [0.3, 0.4) is 0 Å². The minimum atomic E-state index is -0.337. The molecule has 0 unspecified atom stereocenters. The number of hydrogen-bond donors (Lipinski definition) is 0. The van der Waals surface area contributed by atoms with E-state index in [2.05, 4.69) is 43.0 Å². The molecule has 0 N–H and O–H groups in total. The molecule has 1 aliphatic heterocycles. The van der Waals surface area contributed by atoms with E-state index in [-0.39, 0.29) is 21.5 Å². The van der Waals surface area contributed by atoms with Crippen LogP contribution in [0.1, 0.15) is 44.1 Å². The largest absolute Gasteiger partial charge is 0.496 e. The van der Waals surface area contributed by atoms with Gasteiger partial charge in [0.1, 0.15) is 5.75 Å². The van der Waals surface area contributed by atoms with Gasteiger partial charge in [0.25, 0.3) is 11.1 Å². The molecule has 0 aromatic heterocycles. The number of ether oxygens (including phenoxy) is 1. The topological polar surface area (TPSA) is 46.6 Å². The van der Waals surface area contributed by atoms with Crippen molar-refractivity contribution in [1.82, 2.24) is 0 Å². The normalized spacial score (nSPS) is 29.0. The van der Waals surface area contributed by atoms with Gasteiger partial charge in [-0.15, -0.1) is 0 Å². The summed E-state index contributed by atoms with van der Waals surface area (Å²) in [4.78, 5) is 26.1. The lowest BCUT2D eigenvalue weighted by atomic mass is 9.48. The van der Waals surface area contributed by atoms with E-state index < -0.39 is 0 Å². The summed E-state index contributed by atoms with van der Waals surface area (Å²) in [6.45, 7) is 3.69. The van der Waals surface area contributed by atoms with E-state index in [4.69, 9.17) is 4.74 Å². The van der Waals surface area contributed by atoms with Crippen LogP contribution in [-0.4, -0.2) is 18.3 Å². The van der Waals surface area contributed by atoms with Crippen LogP contribution >= 0.6 is 11.8 Å². The summed E-state index contributed by atoms with van der Waals surface area (Å²) < 4.78 is 5.92. The minimum absolute atomic E-state index is 0.263. The Kier molecular flexibility index (Phi) is 4.91. The predicted molar refractivity (Wildman–Crippen MR) is 145 cm³/mol. The zero-order chi connectivity index (χ0) is 24.6. The summed E-state index contributed by atoms with van der Waals surface area (Å²) in [5, 5.41) is 1.78. The summed E-state index contributed by atoms with van der Waals surface area (Å²) in [6, 6.07) is 18.9. The molecular weight excluding hydrogens is 466 g/mol. The number of benzene rings is 3. The Bertz CT molecular complexity index is 1420. The van der Waals surface area contributed by atoms with Crippen molar-refractivity contribution in [2.24, 2.45) is 17.8 Å². The van der Waals surface area contributed by atoms with Gasteiger partial charge in [-0.05, 0) is 126 Å². The van der Waals surface area contributed by atoms with Gasteiger partial charge in [-0.1, -0.05) is 30.8 Å². The van der Waals surface area contributed by atoms with Gasteiger partial charge in [-0.3, -0.25) is 9.59 Å². The van der Waals surface area contributed by atoms with Crippen molar-refractivity contribution in [3.63, 3.8) is 0 Å². The molecule has 182 valence electrons. The summed E-state index contributed by atoms with van der Waals surface area (Å²) >= 11 is 0.894. The van der Waals surface area contributed by atoms with Crippen LogP contribution in [0.4, 0.5) is 10.5 Å². The van der Waals surface area contributed by atoms with Crippen LogP contribution in [0.2, 0.25) is 0 Å². The second kappa shape index (κ2) is 7.97. The van der Waals surface area contributed by atoms with Crippen LogP contribution in [0.25, 0.3) is 21.9 Å². The maximum atomic E-state index is 12.4. The number of fused-ring (bicyclic) bond motifs is 1. The Labute approximate surface area is 215 Å². The van der Waals surface area contributed by atoms with Crippen molar-refractivity contribution < 1.29 is 14.3 Å². The second-order valence-corrected chi connectivity index (χ2v) is 12.3. The molecule has 4 aliphatic carbocycles. The fourth-order valence-electron chi connectivity index (χ4n) is 7.92. The highest BCUT2D eigenvalue weighted by Gasteiger charge is 2.52. The summed E-state index contributed by atoms with van der Waals surface area (Å²) in [5.41, 5.74) is 4.63. The highest BCUT2D eigenvalue weighted by atomic mass is 32.2. The molecule has 2 amide bonds. The van der Waals surface area contributed by atoms with Gasteiger partial charge in [0.15, 0.2) is 0 Å². The first-order valence-electron chi connectivity index (χ1n) is 12.9. The van der Waals surface area contributed by atoms with E-state index in [1.807, 2.05) is 18.2 Å². The number of nitrogens with zero attached hydrogens (tertiary/aromatic N) is 1. The first-order chi connectivity index (χ1) is 17.4. The molecular formula is C31H29NO3S. The number of imide groups is 1. The first kappa shape index (κ1) is 22.2. The fraction of sp³-hybridized carbons (Fsp3) is 0.355. The van der Waals surface area contributed by atoms with Gasteiger partial charge in [-0.2, -0.15) is 0 Å². The second-order valence-electron chi connectivity index (χ2n) is 11.3. The average molecular weight is 496 g/mol. The van der Waals surface area contributed by atoms with Crippen molar-refractivity contribution in [2.45, 2.75) is 43.9 Å². The van der Waals surface area contributed by atoms with Crippen LogP contribution in [-0.2, 0) is 10.2 Å². The Morgan fingerprint density at radius 1 is 0.861 bits per heavy atom. The molecule has 0 radical (unpaired) electrons. The van der Waals surface area contributed by atoms with Crippen molar-refractivity contribution in [1.29, 1.82) is 0 Å². The van der Waals surface area contributed by atoms with E-state index >= 15 is 0 Å². The zero-order valence-electron chi connectivity index (χ0n) is 20.5. The van der Waals surface area contributed by atoms with Gasteiger partial charge < -0.3 is 4.74 Å². The summed E-state index contributed by atoms with van der Waals surface area (Å²) in [5.74, 6) is 3.33. The number of rotatable bonds is 4. The standard InChI is InChI=1S/C31H29NO3S/c1-18-29(33)32(30(34)36-18)26-7-5-23-12-22(3-4-24(23)13-26)25-6-8-28(35-2)27(14-25)31-15-19-9-20(16-31)11-21(10-19)17-31/h3-8,12-14,19-21H,1,9-11,15-17H2,2H3. The summed E-state index contributed by atoms with van der Waals surface area (Å²) in [6.07, 6.45) is 8.19. The molecule has 4 saturated carbocycles. The van der Waals surface area contributed by atoms with Crippen molar-refractivity contribution >= 4 is 39.4 Å². The molecule has 0 spiro atoms. The molecule has 36 heavy (non-hydrogen) atoms. The number of amides is 2. The molecule has 0 atom stereocenters. The van der Waals surface area contributed by atoms with E-state index in [1.165, 1.54) is 60.1 Å². The number of carbonyl (C=O) groups is 2. The molecule has 3 aromatic rings. The highest BCUT2D eigenvalue weighted by Crippen LogP contribution is 2.62. The van der Waals surface area contributed by atoms with Crippen LogP contribution < -0.4 is 9.64 Å². The molecule has 3 aromatic carbocycles. The van der Waals surface area contributed by atoms with Crippen LogP contribution in [0, 0.1) is 17.8 Å². The maximum Gasteiger partial charge on any atom is 0.298 e. The molecule has 1 saturated heterocycles. The number of methoxy groups -OCH3 is 1. The van der Waals surface area contributed by atoms with Crippen LogP contribution in [0.15, 0.2) is 66.1 Å². The van der Waals surface area contributed by atoms with Crippen molar-refractivity contribution in [3.05, 3.63) is 71.6 Å². The van der Waals surface area contributed by atoms with Gasteiger partial charge in [0.05, 0.1) is 17.7 Å². The average Bonchev–Trinajstić information content (AvgIpc) is 3.13. The molecule has 5 fully saturated rings. The molecule has 5 aliphatic rings. The van der Waals surface area contributed by atoms with Crippen molar-refractivity contribution in [3.8, 4) is 16.9 Å². The van der Waals surface area contributed by atoms with Gasteiger partial charge in [0, 0.05) is 5.56 Å². The summed E-state index contributed by atoms with van der Waals surface area (Å²) in [7, 11) is 1.80. The van der Waals surface area contributed by atoms with Crippen molar-refractivity contribution in [2.75, 3.05) is 12.0 Å². The number of anilines is 1. The maximum absolute atomic E-state index is 12.4. The van der Waals surface area contributed by atoms with E-state index in [0.29, 0.717) is 5.69 Å². The van der Waals surface area contributed by atoms with E-state index in [9.17, 15) is 9.59 Å². The van der Waals surface area contributed by atoms with Crippen LogP contribution in [0.5, 0.6) is 5.75 Å². The monoisotopic (exact) mass is 495 g/mol. The Hall–Kier alpha value is -3.05. The Morgan fingerprint density at radius 2 is 1.47 bits per heavy atom. The minimum Gasteiger partial charge on any atom is -0.496 e. The lowest BCUT2D eigenvalue weighted by molar-refractivity contribution is -0.113. The molecule has 8 rings (SSSR count). The molecule has 4 nitrogen and oxygen atoms in total. The number of hydrogen-bond acceptors (Lipinski definition) is 4. The molecule has 5 heteroatoms. The third kappa shape index (κ3) is 3.36. The lowest BCUT2D eigenvalue weighted by Gasteiger charge is -2.57. The Morgan fingerprint density at radius 3 is 2.11 bits per heavy atom.